The molecule has 0 aliphatic heterocycles. The number of phosphoric ester groups is 1. The van der Waals surface area contributed by atoms with E-state index in [1.54, 1.807) is 0 Å². The quantitative estimate of drug-likeness (QED) is 0.306. The second-order valence-corrected chi connectivity index (χ2v) is 9.25. The summed E-state index contributed by atoms with van der Waals surface area (Å²) in [6.45, 7) is 1.05. The molecule has 0 spiro atoms. The first kappa shape index (κ1) is 21.1. The van der Waals surface area contributed by atoms with Crippen LogP contribution in [0.2, 0.25) is 0 Å². The molecule has 0 radical (unpaired) electrons. The van der Waals surface area contributed by atoms with Crippen LogP contribution in [-0.4, -0.2) is 45.4 Å². The van der Waals surface area contributed by atoms with E-state index in [1.165, 1.54) is 51.4 Å². The zero-order valence-electron chi connectivity index (χ0n) is 15.3. The van der Waals surface area contributed by atoms with Gasteiger partial charge in [0.05, 0.1) is 27.7 Å². The first-order valence-electron chi connectivity index (χ1n) is 9.19. The number of quaternary nitrogens is 1. The number of hydrogen-bond donors (Lipinski definition) is 0. The van der Waals surface area contributed by atoms with Crippen LogP contribution in [0.5, 0.6) is 0 Å². The third kappa shape index (κ3) is 12.1. The van der Waals surface area contributed by atoms with E-state index in [2.05, 4.69) is 0 Å². The van der Waals surface area contributed by atoms with Crippen molar-refractivity contribution in [3.63, 3.8) is 0 Å². The van der Waals surface area contributed by atoms with Crippen LogP contribution in [0, 0.1) is 5.92 Å². The summed E-state index contributed by atoms with van der Waals surface area (Å²) in [7, 11) is 1.86. The van der Waals surface area contributed by atoms with Gasteiger partial charge in [-0.2, -0.15) is 0 Å². The topological polar surface area (TPSA) is 58.6 Å². The summed E-state index contributed by atoms with van der Waals surface area (Å²) >= 11 is 0. The second kappa shape index (κ2) is 10.8. The van der Waals surface area contributed by atoms with Gasteiger partial charge in [0.1, 0.15) is 13.2 Å². The molecule has 5 nitrogen and oxygen atoms in total. The fourth-order valence-corrected chi connectivity index (χ4v) is 3.74. The Kier molecular flexibility index (Phi) is 9.95. The average molecular weight is 349 g/mol. The molecular weight excluding hydrogens is 313 g/mol. The van der Waals surface area contributed by atoms with Crippen LogP contribution >= 0.6 is 7.82 Å². The average Bonchev–Trinajstić information content (AvgIpc) is 2.45. The van der Waals surface area contributed by atoms with Crippen LogP contribution in [0.15, 0.2) is 0 Å². The molecule has 0 aromatic carbocycles. The number of hydrogen-bond acceptors (Lipinski definition) is 4. The molecule has 1 aliphatic rings. The highest BCUT2D eigenvalue weighted by Gasteiger charge is 2.14. The molecule has 138 valence electrons. The highest BCUT2D eigenvalue weighted by atomic mass is 31.2. The minimum absolute atomic E-state index is 0.172. The normalized spacial score (nSPS) is 19.7. The van der Waals surface area contributed by atoms with E-state index in [0.29, 0.717) is 11.0 Å². The van der Waals surface area contributed by atoms with Gasteiger partial charge in [0.15, 0.2) is 0 Å². The van der Waals surface area contributed by atoms with Crippen molar-refractivity contribution in [1.82, 2.24) is 0 Å². The summed E-state index contributed by atoms with van der Waals surface area (Å²) in [6.07, 6.45) is 12.7. The highest BCUT2D eigenvalue weighted by molar-refractivity contribution is 7.45. The van der Waals surface area contributed by atoms with Crippen LogP contribution < -0.4 is 4.89 Å². The third-order valence-corrected chi connectivity index (χ3v) is 5.49. The number of likely N-dealkylation sites (N-methyl/N-ethyl adjacent to an activating group) is 1. The van der Waals surface area contributed by atoms with Gasteiger partial charge in [0.2, 0.25) is 0 Å². The molecule has 1 fully saturated rings. The molecule has 23 heavy (non-hydrogen) atoms. The van der Waals surface area contributed by atoms with E-state index in [9.17, 15) is 9.46 Å². The Labute approximate surface area is 142 Å². The van der Waals surface area contributed by atoms with Crippen LogP contribution in [0.25, 0.3) is 0 Å². The Morgan fingerprint density at radius 3 is 2.22 bits per heavy atom. The second-order valence-electron chi connectivity index (χ2n) is 7.83. The molecule has 0 bridgehead atoms. The van der Waals surface area contributed by atoms with Crippen molar-refractivity contribution in [1.29, 1.82) is 0 Å². The molecule has 1 rings (SSSR count). The summed E-state index contributed by atoms with van der Waals surface area (Å²) in [5.74, 6) is 0.941. The number of phosphoric acid groups is 1. The lowest BCUT2D eigenvalue weighted by Crippen LogP contribution is -2.37. The predicted octanol–water partition coefficient (Wildman–Crippen LogP) is 3.73. The van der Waals surface area contributed by atoms with Crippen molar-refractivity contribution in [2.75, 3.05) is 40.9 Å². The zero-order valence-corrected chi connectivity index (χ0v) is 16.2. The Morgan fingerprint density at radius 2 is 1.57 bits per heavy atom. The molecule has 1 aliphatic carbocycles. The first-order valence-corrected chi connectivity index (χ1v) is 10.7. The van der Waals surface area contributed by atoms with Crippen molar-refractivity contribution in [3.05, 3.63) is 0 Å². The summed E-state index contributed by atoms with van der Waals surface area (Å²) < 4.78 is 22.0. The van der Waals surface area contributed by atoms with Gasteiger partial charge in [-0.05, 0) is 12.3 Å². The molecule has 0 aromatic heterocycles. The van der Waals surface area contributed by atoms with Crippen molar-refractivity contribution in [2.45, 2.75) is 64.2 Å². The van der Waals surface area contributed by atoms with E-state index in [0.717, 1.165) is 18.8 Å². The van der Waals surface area contributed by atoms with E-state index < -0.39 is 7.82 Å². The summed E-state index contributed by atoms with van der Waals surface area (Å²) in [6, 6.07) is 0. The summed E-state index contributed by atoms with van der Waals surface area (Å²) in [4.78, 5) is 11.6. The van der Waals surface area contributed by atoms with Gasteiger partial charge in [-0.3, -0.25) is 4.57 Å². The predicted molar refractivity (Wildman–Crippen MR) is 92.1 cm³/mol. The van der Waals surface area contributed by atoms with Crippen molar-refractivity contribution in [3.8, 4) is 0 Å². The minimum Gasteiger partial charge on any atom is -0.756 e. The summed E-state index contributed by atoms with van der Waals surface area (Å²) in [5.41, 5.74) is 0. The molecule has 1 atom stereocenters. The Balaban J connectivity index is 1.95. The Morgan fingerprint density at radius 1 is 0.957 bits per heavy atom. The maximum absolute atomic E-state index is 11.6. The van der Waals surface area contributed by atoms with Gasteiger partial charge in [0.25, 0.3) is 7.82 Å². The maximum Gasteiger partial charge on any atom is 0.268 e. The zero-order chi connectivity index (χ0) is 17.2. The minimum atomic E-state index is -4.12. The molecule has 0 N–H and O–H groups in total. The van der Waals surface area contributed by atoms with Crippen molar-refractivity contribution in [2.24, 2.45) is 5.92 Å². The van der Waals surface area contributed by atoms with Crippen LogP contribution in [0.1, 0.15) is 64.2 Å². The van der Waals surface area contributed by atoms with Gasteiger partial charge < -0.3 is 18.4 Å². The van der Waals surface area contributed by atoms with E-state index in [-0.39, 0.29) is 13.2 Å². The van der Waals surface area contributed by atoms with Gasteiger partial charge in [-0.25, -0.2) is 0 Å². The van der Waals surface area contributed by atoms with Crippen molar-refractivity contribution >= 4 is 7.82 Å². The van der Waals surface area contributed by atoms with Crippen LogP contribution in [0.4, 0.5) is 0 Å². The molecule has 0 heterocycles. The fourth-order valence-electron chi connectivity index (χ4n) is 3.00. The van der Waals surface area contributed by atoms with Crippen LogP contribution in [-0.2, 0) is 13.6 Å². The monoisotopic (exact) mass is 349 g/mol. The van der Waals surface area contributed by atoms with E-state index >= 15 is 0 Å². The van der Waals surface area contributed by atoms with Gasteiger partial charge in [-0.15, -0.1) is 0 Å². The van der Waals surface area contributed by atoms with Gasteiger partial charge in [-0.1, -0.05) is 57.8 Å². The maximum atomic E-state index is 11.6. The fraction of sp³-hybridized carbons (Fsp3) is 1.00. The standard InChI is InChI=1S/C17H36NO4P/c1-18(2,3)14-16-22-23(19,20)21-15-10-5-4-7-11-17-12-8-6-9-13-17/h17H,4-16H2,1-3H3. The molecule has 1 saturated carbocycles. The molecule has 1 unspecified atom stereocenters. The number of nitrogens with zero attached hydrogens (tertiary/aromatic N) is 1. The lowest BCUT2D eigenvalue weighted by Gasteiger charge is -2.27. The van der Waals surface area contributed by atoms with Gasteiger partial charge in [0, 0.05) is 0 Å². The first-order chi connectivity index (χ1) is 10.8. The lowest BCUT2D eigenvalue weighted by atomic mass is 9.85. The summed E-state index contributed by atoms with van der Waals surface area (Å²) in [5, 5.41) is 0. The number of unbranched alkanes of at least 4 members (excludes halogenated alkanes) is 3. The van der Waals surface area contributed by atoms with Gasteiger partial charge >= 0.3 is 0 Å². The largest absolute Gasteiger partial charge is 0.756 e. The third-order valence-electron chi connectivity index (χ3n) is 4.49. The molecule has 0 aromatic rings. The smallest absolute Gasteiger partial charge is 0.268 e. The highest BCUT2D eigenvalue weighted by Crippen LogP contribution is 2.38. The van der Waals surface area contributed by atoms with E-state index in [4.69, 9.17) is 9.05 Å². The Hall–Kier alpha value is 0.0700. The SMILES string of the molecule is C[N+](C)(C)CCOP(=O)([O-])OCCCCCCC1CCCCC1. The number of rotatable bonds is 12. The molecule has 0 saturated heterocycles. The Bertz CT molecular complexity index is 351. The molecule has 6 heteroatoms. The van der Waals surface area contributed by atoms with Crippen LogP contribution in [0.3, 0.4) is 0 Å². The lowest BCUT2D eigenvalue weighted by molar-refractivity contribution is -0.870. The molecular formula is C17H36NO4P. The van der Waals surface area contributed by atoms with E-state index in [1.807, 2.05) is 21.1 Å². The van der Waals surface area contributed by atoms with Crippen molar-refractivity contribution < 1.29 is 23.0 Å². The molecule has 0 amide bonds.